The van der Waals surface area contributed by atoms with Crippen LogP contribution >= 0.6 is 15.9 Å². The van der Waals surface area contributed by atoms with Crippen LogP contribution in [-0.4, -0.2) is 27.4 Å². The van der Waals surface area contributed by atoms with E-state index >= 15 is 0 Å². The Morgan fingerprint density at radius 3 is 2.41 bits per heavy atom. The van der Waals surface area contributed by atoms with Crippen molar-refractivity contribution < 1.29 is 14.2 Å². The van der Waals surface area contributed by atoms with Crippen molar-refractivity contribution in [3.8, 4) is 11.5 Å². The van der Waals surface area contributed by atoms with E-state index in [2.05, 4.69) is 15.9 Å². The fourth-order valence-electron chi connectivity index (χ4n) is 1.54. The number of hydrogen-bond acceptors (Lipinski definition) is 3. The predicted octanol–water partition coefficient (Wildman–Crippen LogP) is 3.31. The van der Waals surface area contributed by atoms with Gasteiger partial charge in [-0.25, -0.2) is 0 Å². The van der Waals surface area contributed by atoms with E-state index in [4.69, 9.17) is 14.2 Å². The summed E-state index contributed by atoms with van der Waals surface area (Å²) in [6.07, 6.45) is 0.886. The minimum Gasteiger partial charge on any atom is -0.496 e. The van der Waals surface area contributed by atoms with Crippen molar-refractivity contribution in [1.82, 2.24) is 0 Å². The highest BCUT2D eigenvalue weighted by Crippen LogP contribution is 2.30. The molecule has 0 radical (unpaired) electrons. The molecule has 0 amide bonds. The molecule has 0 aliphatic heterocycles. The van der Waals surface area contributed by atoms with Crippen LogP contribution in [0.5, 0.6) is 11.5 Å². The van der Waals surface area contributed by atoms with Gasteiger partial charge in [0.1, 0.15) is 11.5 Å². The maximum absolute atomic E-state index is 5.74. The number of hydrogen-bond donors (Lipinski definition) is 0. The second kappa shape index (κ2) is 7.56. The number of benzene rings is 1. The lowest BCUT2D eigenvalue weighted by atomic mass is 10.1. The van der Waals surface area contributed by atoms with Crippen LogP contribution in [0, 0.1) is 6.92 Å². The molecule has 17 heavy (non-hydrogen) atoms. The molecule has 0 aromatic heterocycles. The third kappa shape index (κ3) is 4.21. The Morgan fingerprint density at radius 2 is 1.82 bits per heavy atom. The van der Waals surface area contributed by atoms with Crippen LogP contribution in [0.2, 0.25) is 0 Å². The smallest absolute Gasteiger partial charge is 0.126 e. The van der Waals surface area contributed by atoms with Gasteiger partial charge in [-0.1, -0.05) is 15.9 Å². The van der Waals surface area contributed by atoms with Crippen LogP contribution in [0.3, 0.4) is 0 Å². The highest BCUT2D eigenvalue weighted by Gasteiger charge is 2.08. The summed E-state index contributed by atoms with van der Waals surface area (Å²) in [5.74, 6) is 1.75. The lowest BCUT2D eigenvalue weighted by Crippen LogP contribution is -2.03. The topological polar surface area (TPSA) is 27.7 Å². The molecule has 1 aromatic rings. The molecular formula is C13H19BrO3. The molecule has 0 saturated heterocycles. The molecule has 0 atom stereocenters. The van der Waals surface area contributed by atoms with Gasteiger partial charge in [0, 0.05) is 31.0 Å². The van der Waals surface area contributed by atoms with Crippen molar-refractivity contribution >= 4 is 15.9 Å². The van der Waals surface area contributed by atoms with Gasteiger partial charge in [0.25, 0.3) is 0 Å². The SMILES string of the molecule is COCCCOc1cc(CBr)cc(OC)c1C. The maximum Gasteiger partial charge on any atom is 0.126 e. The van der Waals surface area contributed by atoms with Crippen LogP contribution in [0.15, 0.2) is 12.1 Å². The third-order valence-electron chi connectivity index (χ3n) is 2.50. The highest BCUT2D eigenvalue weighted by molar-refractivity contribution is 9.08. The number of alkyl halides is 1. The van der Waals surface area contributed by atoms with E-state index in [0.717, 1.165) is 34.4 Å². The summed E-state index contributed by atoms with van der Waals surface area (Å²) in [6, 6.07) is 4.06. The van der Waals surface area contributed by atoms with Crippen molar-refractivity contribution in [2.45, 2.75) is 18.7 Å². The summed E-state index contributed by atoms with van der Waals surface area (Å²) < 4.78 is 16.1. The predicted molar refractivity (Wildman–Crippen MR) is 72.4 cm³/mol. The van der Waals surface area contributed by atoms with Gasteiger partial charge in [0.05, 0.1) is 13.7 Å². The second-order valence-electron chi connectivity index (χ2n) is 3.75. The Balaban J connectivity index is 2.75. The first-order valence-corrected chi connectivity index (χ1v) is 6.70. The summed E-state index contributed by atoms with van der Waals surface area (Å²) in [5, 5.41) is 0.790. The highest BCUT2D eigenvalue weighted by atomic mass is 79.9. The zero-order valence-electron chi connectivity index (χ0n) is 10.6. The van der Waals surface area contributed by atoms with Crippen molar-refractivity contribution in [1.29, 1.82) is 0 Å². The van der Waals surface area contributed by atoms with Gasteiger partial charge >= 0.3 is 0 Å². The molecule has 0 bridgehead atoms. The van der Waals surface area contributed by atoms with Gasteiger partial charge in [-0.05, 0) is 24.6 Å². The number of halogens is 1. The van der Waals surface area contributed by atoms with Crippen molar-refractivity contribution in [2.24, 2.45) is 0 Å². The van der Waals surface area contributed by atoms with Gasteiger partial charge in [-0.3, -0.25) is 0 Å². The summed E-state index contributed by atoms with van der Waals surface area (Å²) in [7, 11) is 3.37. The molecule has 96 valence electrons. The summed E-state index contributed by atoms with van der Waals surface area (Å²) in [4.78, 5) is 0. The molecule has 3 nitrogen and oxygen atoms in total. The fourth-order valence-corrected chi connectivity index (χ4v) is 1.86. The van der Waals surface area contributed by atoms with E-state index in [0.29, 0.717) is 13.2 Å². The number of methoxy groups -OCH3 is 2. The van der Waals surface area contributed by atoms with Crippen molar-refractivity contribution in [3.05, 3.63) is 23.3 Å². The van der Waals surface area contributed by atoms with Crippen LogP contribution in [-0.2, 0) is 10.1 Å². The summed E-state index contributed by atoms with van der Waals surface area (Å²) >= 11 is 3.44. The minimum atomic E-state index is 0.656. The Bertz CT molecular complexity index is 353. The molecule has 0 spiro atoms. The van der Waals surface area contributed by atoms with Crippen LogP contribution < -0.4 is 9.47 Å². The van der Waals surface area contributed by atoms with Gasteiger partial charge < -0.3 is 14.2 Å². The lowest BCUT2D eigenvalue weighted by molar-refractivity contribution is 0.171. The molecule has 0 saturated carbocycles. The van der Waals surface area contributed by atoms with Crippen LogP contribution in [0.4, 0.5) is 0 Å². The number of ether oxygens (including phenoxy) is 3. The minimum absolute atomic E-state index is 0.656. The van der Waals surface area contributed by atoms with E-state index < -0.39 is 0 Å². The average Bonchev–Trinajstić information content (AvgIpc) is 2.36. The molecule has 0 heterocycles. The number of rotatable bonds is 7. The third-order valence-corrected chi connectivity index (χ3v) is 3.14. The largest absolute Gasteiger partial charge is 0.496 e. The Labute approximate surface area is 111 Å². The van der Waals surface area contributed by atoms with Gasteiger partial charge in [-0.15, -0.1) is 0 Å². The Kier molecular flexibility index (Phi) is 6.37. The van der Waals surface area contributed by atoms with E-state index in [1.807, 2.05) is 19.1 Å². The van der Waals surface area contributed by atoms with Crippen molar-refractivity contribution in [3.63, 3.8) is 0 Å². The molecule has 0 fully saturated rings. The molecule has 0 aliphatic rings. The van der Waals surface area contributed by atoms with E-state index in [1.165, 1.54) is 0 Å². The molecule has 0 unspecified atom stereocenters. The molecule has 4 heteroatoms. The van der Waals surface area contributed by atoms with Gasteiger partial charge in [0.2, 0.25) is 0 Å². The first-order chi connectivity index (χ1) is 8.22. The molecule has 0 N–H and O–H groups in total. The van der Waals surface area contributed by atoms with E-state index in [1.54, 1.807) is 14.2 Å². The Hall–Kier alpha value is -0.740. The summed E-state index contributed by atoms with van der Waals surface area (Å²) in [5.41, 5.74) is 2.18. The van der Waals surface area contributed by atoms with Crippen LogP contribution in [0.25, 0.3) is 0 Å². The zero-order chi connectivity index (χ0) is 12.7. The van der Waals surface area contributed by atoms with Crippen LogP contribution in [0.1, 0.15) is 17.5 Å². The van der Waals surface area contributed by atoms with E-state index in [-0.39, 0.29) is 0 Å². The first kappa shape index (κ1) is 14.3. The van der Waals surface area contributed by atoms with Crippen molar-refractivity contribution in [2.75, 3.05) is 27.4 Å². The maximum atomic E-state index is 5.74. The second-order valence-corrected chi connectivity index (χ2v) is 4.31. The molecular weight excluding hydrogens is 284 g/mol. The Morgan fingerprint density at radius 1 is 1.12 bits per heavy atom. The van der Waals surface area contributed by atoms with E-state index in [9.17, 15) is 0 Å². The summed E-state index contributed by atoms with van der Waals surface area (Å²) in [6.45, 7) is 3.38. The fraction of sp³-hybridized carbons (Fsp3) is 0.538. The van der Waals surface area contributed by atoms with Gasteiger partial charge in [0.15, 0.2) is 0 Å². The quantitative estimate of drug-likeness (QED) is 0.571. The standard InChI is InChI=1S/C13H19BrO3/c1-10-12(16-3)7-11(9-14)8-13(10)17-6-4-5-15-2/h7-8H,4-6,9H2,1-3H3. The first-order valence-electron chi connectivity index (χ1n) is 5.58. The zero-order valence-corrected chi connectivity index (χ0v) is 12.2. The normalized spacial score (nSPS) is 10.4. The molecule has 1 aromatic carbocycles. The molecule has 1 rings (SSSR count). The molecule has 0 aliphatic carbocycles. The lowest BCUT2D eigenvalue weighted by Gasteiger charge is -2.13. The van der Waals surface area contributed by atoms with Gasteiger partial charge in [-0.2, -0.15) is 0 Å². The monoisotopic (exact) mass is 302 g/mol. The average molecular weight is 303 g/mol.